The molecule has 0 nitrogen and oxygen atoms in total. The van der Waals surface area contributed by atoms with Crippen LogP contribution in [-0.2, 0) is 68.0 Å². The zero-order chi connectivity index (χ0) is 41.3. The molecule has 8 aliphatic rings. The predicted molar refractivity (Wildman–Crippen MR) is 262 cm³/mol. The number of allylic oxidation sites excluding steroid dienone is 18. The molecule has 0 radical (unpaired) electrons. The molecule has 0 bridgehead atoms. The number of hydrogen-bond donors (Lipinski definition) is 0. The van der Waals surface area contributed by atoms with Crippen molar-refractivity contribution in [3.63, 3.8) is 0 Å². The summed E-state index contributed by atoms with van der Waals surface area (Å²) in [5, 5.41) is 0. The van der Waals surface area contributed by atoms with Crippen LogP contribution in [0.15, 0.2) is 170 Å². The van der Waals surface area contributed by atoms with Crippen LogP contribution in [0.3, 0.4) is 0 Å². The van der Waals surface area contributed by atoms with Gasteiger partial charge in [-0.2, -0.15) is 0 Å². The van der Waals surface area contributed by atoms with Crippen LogP contribution >= 0.6 is 0 Å². The summed E-state index contributed by atoms with van der Waals surface area (Å²) < 4.78 is 4.68. The fourth-order valence-corrected chi connectivity index (χ4v) is 66.5. The van der Waals surface area contributed by atoms with Crippen LogP contribution in [-0.4, -0.2) is 11.8 Å². The first kappa shape index (κ1) is 47.9. The van der Waals surface area contributed by atoms with E-state index in [1.807, 2.05) is 36.4 Å². The van der Waals surface area contributed by atoms with Crippen molar-refractivity contribution in [2.24, 2.45) is 47.3 Å². The minimum absolute atomic E-state index is 0. The minimum Gasteiger partial charge on any atom is 2.00 e. The van der Waals surface area contributed by atoms with E-state index in [2.05, 4.69) is 172 Å². The van der Waals surface area contributed by atoms with E-state index in [0.717, 1.165) is 47.3 Å². The molecule has 2 aromatic carbocycles. The molecule has 2 aromatic rings. The molecule has 61 heavy (non-hydrogen) atoms. The van der Waals surface area contributed by atoms with Gasteiger partial charge < -0.3 is 0 Å². The van der Waals surface area contributed by atoms with Gasteiger partial charge in [-0.3, -0.25) is 0 Å². The predicted octanol–water partition coefficient (Wildman–Crippen LogP) is 15.3. The molecule has 8 aliphatic carbocycles. The number of benzene rings is 2. The van der Waals surface area contributed by atoms with Crippen molar-refractivity contribution < 1.29 is 68.0 Å². The zero-order valence-electron chi connectivity index (χ0n) is 37.6. The van der Waals surface area contributed by atoms with E-state index in [-0.39, 0.29) is 26.2 Å². The van der Waals surface area contributed by atoms with E-state index in [4.69, 9.17) is 0 Å². The molecule has 0 saturated heterocycles. The van der Waals surface area contributed by atoms with Gasteiger partial charge in [-0.1, -0.05) is 85.0 Å². The topological polar surface area (TPSA) is 0 Å². The Labute approximate surface area is 408 Å². The third-order valence-corrected chi connectivity index (χ3v) is 63.1. The van der Waals surface area contributed by atoms with Crippen molar-refractivity contribution in [2.45, 2.75) is 92.1 Å². The van der Waals surface area contributed by atoms with Crippen LogP contribution in [0.1, 0.15) is 62.5 Å². The fraction of sp³-hybridized carbons (Fsp3) is 0.429. The van der Waals surface area contributed by atoms with Crippen molar-refractivity contribution in [1.82, 2.24) is 0 Å². The van der Waals surface area contributed by atoms with Gasteiger partial charge in [0.05, 0.1) is 0 Å². The van der Waals surface area contributed by atoms with Gasteiger partial charge in [0.1, 0.15) is 0 Å². The van der Waals surface area contributed by atoms with Crippen molar-refractivity contribution in [2.75, 3.05) is 0 Å². The summed E-state index contributed by atoms with van der Waals surface area (Å²) in [4.78, 5) is 0. The number of fused-ring (bicyclic) bond motifs is 4. The van der Waals surface area contributed by atoms with Gasteiger partial charge in [-0.15, -0.1) is 0 Å². The van der Waals surface area contributed by atoms with E-state index in [9.17, 15) is 0 Å². The van der Waals surface area contributed by atoms with Crippen LogP contribution in [0.4, 0.5) is 0 Å². The molecule has 5 heteroatoms. The average molecular weight is 1080 g/mol. The Bertz CT molecular complexity index is 1750. The third-order valence-electron chi connectivity index (χ3n) is 15.6. The molecule has 12 atom stereocenters. The van der Waals surface area contributed by atoms with E-state index >= 15 is 0 Å². The number of hydrogen-bond acceptors (Lipinski definition) is 0. The summed E-state index contributed by atoms with van der Waals surface area (Å²) in [5.74, 6) is 6.48. The average Bonchev–Trinajstić information content (AvgIpc) is 4.11. The molecule has 0 N–H and O–H groups in total. The molecule has 0 amide bonds. The SMILES string of the molecule is C(C=Cc1ccccc1)=Cc1ccccc1.C[SiH](C)[Zr-]([CH]1CCC2C=CC=CC21)[CH]1CCC2C=CC=CC21.C[SiH](C)[Zr-]([CH]1CCC2C=CC=CC21)[CH]1CCC2C=CC=CC21.[Zr+2]. The Morgan fingerprint density at radius 1 is 0.377 bits per heavy atom. The van der Waals surface area contributed by atoms with E-state index in [1.54, 1.807) is 25.7 Å². The van der Waals surface area contributed by atoms with Crippen LogP contribution < -0.4 is 0 Å². The molecule has 0 spiro atoms. The Morgan fingerprint density at radius 3 is 0.902 bits per heavy atom. The molecule has 4 saturated carbocycles. The van der Waals surface area contributed by atoms with Crippen LogP contribution in [0, 0.1) is 47.3 Å². The third kappa shape index (κ3) is 12.0. The van der Waals surface area contributed by atoms with Crippen molar-refractivity contribution >= 4 is 24.0 Å². The molecule has 316 valence electrons. The molecular weight excluding hydrogens is 1000 g/mol. The Balaban J connectivity index is 0.000000139. The van der Waals surface area contributed by atoms with Crippen molar-refractivity contribution in [3.8, 4) is 0 Å². The normalized spacial score (nSPS) is 33.5. The fourth-order valence-electron chi connectivity index (χ4n) is 13.1. The van der Waals surface area contributed by atoms with Gasteiger partial charge in [0.15, 0.2) is 0 Å². The van der Waals surface area contributed by atoms with Crippen molar-refractivity contribution in [1.29, 1.82) is 0 Å². The van der Waals surface area contributed by atoms with Gasteiger partial charge in [-0.05, 0) is 11.1 Å². The summed E-state index contributed by atoms with van der Waals surface area (Å²) in [6, 6.07) is 20.6. The summed E-state index contributed by atoms with van der Waals surface area (Å²) >= 11 is -2.65. The molecule has 12 unspecified atom stereocenters. The van der Waals surface area contributed by atoms with Crippen LogP contribution in [0.5, 0.6) is 0 Å². The maximum Gasteiger partial charge on any atom is 2.00 e. The van der Waals surface area contributed by atoms with Gasteiger partial charge in [-0.25, -0.2) is 0 Å². The first-order valence-corrected chi connectivity index (χ1v) is 44.0. The molecule has 0 aromatic heterocycles. The molecule has 0 heterocycles. The summed E-state index contributed by atoms with van der Waals surface area (Å²) in [6.07, 6.45) is 59.6. The minimum atomic E-state index is -1.33. The monoisotopic (exact) mass is 1070 g/mol. The molecule has 0 aliphatic heterocycles. The number of rotatable bonds is 9. The quantitative estimate of drug-likeness (QED) is 0.173. The standard InChI is InChI=1S/C16H14.4C9H11.2C2H7Si.3Zr/c1-3-9-15(10-4-1)13-7-8-14-16-11-5-2-6-12-16;4*1-2-5-9-7-3-6-8(9)4-1;2*1-3-2;;;/h1-14H;4*1-2,4-6,8-9H,3,7H2;2*3H,1-2H3;;;/q;;;;;;;2*-1;+2. The van der Waals surface area contributed by atoms with Crippen LogP contribution in [0.2, 0.25) is 40.7 Å². The Hall–Kier alpha value is -1.08. The molecule has 10 rings (SSSR count). The molecule has 4 fully saturated rings. The maximum atomic E-state index is 2.71. The van der Waals surface area contributed by atoms with Gasteiger partial charge in [0.2, 0.25) is 0 Å². The first-order valence-electron chi connectivity index (χ1n) is 24.0. The summed E-state index contributed by atoms with van der Waals surface area (Å²) in [5.41, 5.74) is 2.44. The summed E-state index contributed by atoms with van der Waals surface area (Å²) in [6.45, 7) is 10.8. The molecular formula is C56H72Si2Zr3. The van der Waals surface area contributed by atoms with Gasteiger partial charge in [0, 0.05) is 0 Å². The van der Waals surface area contributed by atoms with Crippen molar-refractivity contribution in [3.05, 3.63) is 181 Å². The van der Waals surface area contributed by atoms with Crippen LogP contribution in [0.25, 0.3) is 12.2 Å². The van der Waals surface area contributed by atoms with E-state index in [1.165, 1.54) is 51.3 Å². The van der Waals surface area contributed by atoms with Gasteiger partial charge in [0.25, 0.3) is 0 Å². The zero-order valence-corrected chi connectivity index (χ0v) is 47.2. The Morgan fingerprint density at radius 2 is 0.639 bits per heavy atom. The van der Waals surface area contributed by atoms with E-state index in [0.29, 0.717) is 0 Å². The largest absolute Gasteiger partial charge is 2.00 e. The Kier molecular flexibility index (Phi) is 18.8. The van der Waals surface area contributed by atoms with Gasteiger partial charge >= 0.3 is 316 Å². The van der Waals surface area contributed by atoms with E-state index < -0.39 is 53.7 Å². The maximum absolute atomic E-state index is 2.71. The first-order chi connectivity index (χ1) is 29.5. The smallest absolute Gasteiger partial charge is 2.00 e. The second-order valence-electron chi connectivity index (χ2n) is 19.6. The second kappa shape index (κ2) is 23.9. The summed E-state index contributed by atoms with van der Waals surface area (Å²) in [7, 11) is 0. The second-order valence-corrected chi connectivity index (χ2v) is 61.4.